The van der Waals surface area contributed by atoms with Crippen LogP contribution in [0.5, 0.6) is 23.0 Å². The molecule has 0 aliphatic carbocycles. The number of amides is 1. The Bertz CT molecular complexity index is 776. The van der Waals surface area contributed by atoms with Gasteiger partial charge in [-0.2, -0.15) is 0 Å². The molecule has 2 rings (SSSR count). The number of methoxy groups -OCH3 is 4. The van der Waals surface area contributed by atoms with Gasteiger partial charge in [0.25, 0.3) is 0 Å². The zero-order valence-corrected chi connectivity index (χ0v) is 16.8. The molecular weight excluding hydrogens is 358 g/mol. The fourth-order valence-corrected chi connectivity index (χ4v) is 2.94. The maximum atomic E-state index is 12.8. The van der Waals surface area contributed by atoms with E-state index in [1.165, 1.54) is 0 Å². The highest BCUT2D eigenvalue weighted by Gasteiger charge is 2.21. The van der Waals surface area contributed by atoms with E-state index in [0.29, 0.717) is 35.8 Å². The molecule has 0 heterocycles. The molecule has 1 atom stereocenters. The van der Waals surface area contributed by atoms with E-state index in [2.05, 4.69) is 11.9 Å². The van der Waals surface area contributed by atoms with Crippen LogP contribution < -0.4 is 24.3 Å². The van der Waals surface area contributed by atoms with E-state index < -0.39 is 0 Å². The number of carbonyl (C=O) groups is 1. The quantitative estimate of drug-likeness (QED) is 0.624. The molecule has 6 heteroatoms. The van der Waals surface area contributed by atoms with Crippen molar-refractivity contribution in [3.8, 4) is 23.0 Å². The van der Waals surface area contributed by atoms with Crippen LogP contribution in [-0.4, -0.2) is 34.3 Å². The van der Waals surface area contributed by atoms with Crippen LogP contribution in [0.3, 0.4) is 0 Å². The highest BCUT2D eigenvalue weighted by Crippen LogP contribution is 2.39. The van der Waals surface area contributed by atoms with Crippen molar-refractivity contribution in [2.24, 2.45) is 5.92 Å². The third kappa shape index (κ3) is 5.19. The van der Waals surface area contributed by atoms with Crippen molar-refractivity contribution in [1.29, 1.82) is 0 Å². The Labute approximate surface area is 166 Å². The Morgan fingerprint density at radius 1 is 1.00 bits per heavy atom. The highest BCUT2D eigenvalue weighted by atomic mass is 16.5. The molecule has 1 N–H and O–H groups in total. The van der Waals surface area contributed by atoms with Gasteiger partial charge in [-0.1, -0.05) is 6.08 Å². The molecule has 150 valence electrons. The summed E-state index contributed by atoms with van der Waals surface area (Å²) in [6.45, 7) is 3.78. The van der Waals surface area contributed by atoms with Crippen molar-refractivity contribution < 1.29 is 23.7 Å². The van der Waals surface area contributed by atoms with Crippen LogP contribution in [0, 0.1) is 5.92 Å². The molecule has 0 aromatic heterocycles. The number of anilines is 1. The maximum Gasteiger partial charge on any atom is 0.228 e. The predicted octanol–water partition coefficient (Wildman–Crippen LogP) is 4.09. The minimum Gasteiger partial charge on any atom is -0.497 e. The Hall–Kier alpha value is -3.15. The summed E-state index contributed by atoms with van der Waals surface area (Å²) in [7, 11) is 6.30. The van der Waals surface area contributed by atoms with Crippen molar-refractivity contribution in [2.75, 3.05) is 33.8 Å². The van der Waals surface area contributed by atoms with Crippen LogP contribution >= 0.6 is 0 Å². The third-order valence-electron chi connectivity index (χ3n) is 4.39. The first-order valence-corrected chi connectivity index (χ1v) is 8.90. The van der Waals surface area contributed by atoms with Crippen LogP contribution in [-0.2, 0) is 11.2 Å². The normalized spacial score (nSPS) is 11.3. The average molecular weight is 385 g/mol. The topological polar surface area (TPSA) is 66.0 Å². The van der Waals surface area contributed by atoms with Crippen LogP contribution in [0.4, 0.5) is 5.69 Å². The summed E-state index contributed by atoms with van der Waals surface area (Å²) in [5, 5.41) is 2.95. The molecule has 6 nitrogen and oxygen atoms in total. The maximum absolute atomic E-state index is 12.8. The molecule has 0 spiro atoms. The first kappa shape index (κ1) is 21.2. The number of ether oxygens (including phenoxy) is 4. The largest absolute Gasteiger partial charge is 0.497 e. The first-order valence-electron chi connectivity index (χ1n) is 8.90. The van der Waals surface area contributed by atoms with Gasteiger partial charge in [-0.15, -0.1) is 6.58 Å². The number of allylic oxidation sites excluding steroid dienone is 1. The van der Waals surface area contributed by atoms with Gasteiger partial charge < -0.3 is 24.3 Å². The second kappa shape index (κ2) is 10.3. The molecule has 2 aromatic rings. The lowest BCUT2D eigenvalue weighted by Crippen LogP contribution is -2.24. The fraction of sp³-hybridized carbons (Fsp3) is 0.318. The van der Waals surface area contributed by atoms with Crippen molar-refractivity contribution in [1.82, 2.24) is 0 Å². The van der Waals surface area contributed by atoms with Gasteiger partial charge in [0.15, 0.2) is 11.5 Å². The smallest absolute Gasteiger partial charge is 0.228 e. The fourth-order valence-electron chi connectivity index (χ4n) is 2.94. The van der Waals surface area contributed by atoms with Crippen LogP contribution in [0.2, 0.25) is 0 Å². The van der Waals surface area contributed by atoms with Crippen LogP contribution in [0.15, 0.2) is 49.1 Å². The number of nitrogens with one attached hydrogen (secondary N) is 1. The van der Waals surface area contributed by atoms with Gasteiger partial charge in [-0.3, -0.25) is 4.79 Å². The average Bonchev–Trinajstić information content (AvgIpc) is 2.73. The molecule has 0 saturated heterocycles. The van der Waals surface area contributed by atoms with E-state index in [4.69, 9.17) is 18.9 Å². The Morgan fingerprint density at radius 2 is 1.61 bits per heavy atom. The number of hydrogen-bond acceptors (Lipinski definition) is 5. The van der Waals surface area contributed by atoms with Crippen molar-refractivity contribution in [2.45, 2.75) is 12.8 Å². The van der Waals surface area contributed by atoms with Gasteiger partial charge in [0.1, 0.15) is 5.75 Å². The second-order valence-electron chi connectivity index (χ2n) is 6.18. The lowest BCUT2D eigenvalue weighted by Gasteiger charge is -2.18. The molecule has 0 bridgehead atoms. The number of carbonyl (C=O) groups excluding carboxylic acids is 1. The highest BCUT2D eigenvalue weighted by molar-refractivity contribution is 5.92. The van der Waals surface area contributed by atoms with Crippen LogP contribution in [0.1, 0.15) is 12.0 Å². The van der Waals surface area contributed by atoms with Gasteiger partial charge >= 0.3 is 0 Å². The summed E-state index contributed by atoms with van der Waals surface area (Å²) in [5.74, 6) is 2.01. The van der Waals surface area contributed by atoms with Crippen LogP contribution in [0.25, 0.3) is 0 Å². The van der Waals surface area contributed by atoms with Crippen molar-refractivity contribution >= 4 is 11.6 Å². The van der Waals surface area contributed by atoms with Gasteiger partial charge in [0, 0.05) is 11.6 Å². The van der Waals surface area contributed by atoms with Gasteiger partial charge in [-0.05, 0) is 54.8 Å². The van der Waals surface area contributed by atoms with E-state index in [1.807, 2.05) is 12.1 Å². The number of benzene rings is 2. The van der Waals surface area contributed by atoms with Gasteiger partial charge in [-0.25, -0.2) is 0 Å². The first-order chi connectivity index (χ1) is 13.6. The Balaban J connectivity index is 2.21. The molecule has 0 saturated carbocycles. The molecule has 28 heavy (non-hydrogen) atoms. The second-order valence-corrected chi connectivity index (χ2v) is 6.18. The van der Waals surface area contributed by atoms with E-state index in [1.54, 1.807) is 58.8 Å². The number of rotatable bonds is 10. The SMILES string of the molecule is C=CCC(Cc1cc(OC)c(OC)c(OC)c1)C(=O)Nc1ccc(OC)cc1. The lowest BCUT2D eigenvalue weighted by atomic mass is 9.94. The molecule has 0 aliphatic rings. The Kier molecular flexibility index (Phi) is 7.75. The van der Waals surface area contributed by atoms with Crippen molar-refractivity contribution in [3.63, 3.8) is 0 Å². The summed E-state index contributed by atoms with van der Waals surface area (Å²) in [4.78, 5) is 12.8. The van der Waals surface area contributed by atoms with E-state index in [9.17, 15) is 4.79 Å². The zero-order chi connectivity index (χ0) is 20.5. The zero-order valence-electron chi connectivity index (χ0n) is 16.8. The molecule has 0 fully saturated rings. The molecule has 2 aromatic carbocycles. The summed E-state index contributed by atoms with van der Waals surface area (Å²) in [6.07, 6.45) is 2.79. The van der Waals surface area contributed by atoms with Gasteiger partial charge in [0.05, 0.1) is 28.4 Å². The summed E-state index contributed by atoms with van der Waals surface area (Å²) in [5.41, 5.74) is 1.62. The summed E-state index contributed by atoms with van der Waals surface area (Å²) in [6, 6.07) is 10.9. The molecule has 0 aliphatic heterocycles. The summed E-state index contributed by atoms with van der Waals surface area (Å²) < 4.78 is 21.3. The van der Waals surface area contributed by atoms with Gasteiger partial charge in [0.2, 0.25) is 11.7 Å². The monoisotopic (exact) mass is 385 g/mol. The van der Waals surface area contributed by atoms with E-state index in [-0.39, 0.29) is 11.8 Å². The predicted molar refractivity (Wildman–Crippen MR) is 110 cm³/mol. The molecular formula is C22H27NO5. The lowest BCUT2D eigenvalue weighted by molar-refractivity contribution is -0.119. The van der Waals surface area contributed by atoms with E-state index in [0.717, 1.165) is 11.3 Å². The van der Waals surface area contributed by atoms with E-state index >= 15 is 0 Å². The third-order valence-corrected chi connectivity index (χ3v) is 4.39. The number of hydrogen-bond donors (Lipinski definition) is 1. The summed E-state index contributed by atoms with van der Waals surface area (Å²) >= 11 is 0. The Morgan fingerprint density at radius 3 is 2.07 bits per heavy atom. The van der Waals surface area contributed by atoms with Crippen molar-refractivity contribution in [3.05, 3.63) is 54.6 Å². The molecule has 0 radical (unpaired) electrons. The minimum atomic E-state index is -0.289. The standard InChI is InChI=1S/C22H27NO5/c1-6-7-16(22(24)23-17-8-10-18(25-2)11-9-17)12-15-13-19(26-3)21(28-5)20(14-15)27-4/h6,8-11,13-14,16H,1,7,12H2,2-5H3,(H,23,24). The molecule has 1 amide bonds. The minimum absolute atomic E-state index is 0.0844. The molecule has 1 unspecified atom stereocenters.